The second-order valence-corrected chi connectivity index (χ2v) is 12.5. The molecule has 214 valence electrons. The summed E-state index contributed by atoms with van der Waals surface area (Å²) < 4.78 is 28.7. The highest BCUT2D eigenvalue weighted by Gasteiger charge is 2.33. The molecule has 3 aromatic carbocycles. The van der Waals surface area contributed by atoms with E-state index in [1.807, 2.05) is 13.8 Å². The number of nitrogens with one attached hydrogen (secondary N) is 1. The summed E-state index contributed by atoms with van der Waals surface area (Å²) in [5, 5.41) is 3.74. The smallest absolute Gasteiger partial charge is 0.264 e. The number of rotatable bonds is 12. The number of hydrogen-bond donors (Lipinski definition) is 1. The van der Waals surface area contributed by atoms with Crippen molar-refractivity contribution in [3.63, 3.8) is 0 Å². The van der Waals surface area contributed by atoms with Crippen LogP contribution in [-0.2, 0) is 26.2 Å². The minimum Gasteiger partial charge on any atom is -0.354 e. The van der Waals surface area contributed by atoms with Crippen molar-refractivity contribution in [3.8, 4) is 0 Å². The number of hydrogen-bond acceptors (Lipinski definition) is 4. The second kappa shape index (κ2) is 14.2. The van der Waals surface area contributed by atoms with Crippen molar-refractivity contribution in [2.75, 3.05) is 17.4 Å². The lowest BCUT2D eigenvalue weighted by molar-refractivity contribution is -0.139. The van der Waals surface area contributed by atoms with Crippen LogP contribution in [0.4, 0.5) is 5.69 Å². The highest BCUT2D eigenvalue weighted by atomic mass is 35.5. The van der Waals surface area contributed by atoms with Crippen LogP contribution in [0.5, 0.6) is 0 Å². The minimum absolute atomic E-state index is 0.00322. The predicted molar refractivity (Wildman–Crippen MR) is 162 cm³/mol. The number of sulfonamides is 1. The fraction of sp³-hybridized carbons (Fsp3) is 0.310. The van der Waals surface area contributed by atoms with Gasteiger partial charge in [-0.05, 0) is 62.2 Å². The van der Waals surface area contributed by atoms with E-state index in [1.165, 1.54) is 23.1 Å². The van der Waals surface area contributed by atoms with E-state index in [-0.39, 0.29) is 28.1 Å². The Hall–Kier alpha value is -2.78. The summed E-state index contributed by atoms with van der Waals surface area (Å²) in [6.45, 7) is 5.26. The van der Waals surface area contributed by atoms with E-state index in [4.69, 9.17) is 34.8 Å². The average molecular weight is 625 g/mol. The third kappa shape index (κ3) is 7.91. The topological polar surface area (TPSA) is 86.8 Å². The van der Waals surface area contributed by atoms with Crippen molar-refractivity contribution in [1.29, 1.82) is 0 Å². The number of anilines is 1. The molecule has 0 saturated carbocycles. The van der Waals surface area contributed by atoms with Crippen LogP contribution in [0.25, 0.3) is 0 Å². The molecule has 3 rings (SSSR count). The first-order valence-electron chi connectivity index (χ1n) is 12.8. The number of unbranched alkanes of at least 4 members (excludes halogenated alkanes) is 1. The zero-order chi connectivity index (χ0) is 29.4. The molecule has 0 aromatic heterocycles. The van der Waals surface area contributed by atoms with Crippen molar-refractivity contribution in [1.82, 2.24) is 10.2 Å². The van der Waals surface area contributed by atoms with Gasteiger partial charge in [0.1, 0.15) is 12.6 Å². The van der Waals surface area contributed by atoms with Crippen molar-refractivity contribution < 1.29 is 18.0 Å². The molecule has 0 bridgehead atoms. The summed E-state index contributed by atoms with van der Waals surface area (Å²) in [6.07, 6.45) is 1.67. The molecular weight excluding hydrogens is 593 g/mol. The Kier molecular flexibility index (Phi) is 11.3. The molecule has 0 radical (unpaired) electrons. The molecule has 3 aromatic rings. The van der Waals surface area contributed by atoms with Gasteiger partial charge in [-0.2, -0.15) is 0 Å². The SMILES string of the molecule is CCCCNC(=O)[C@@H](C)N(Cc1ccc(Cl)cc1Cl)C(=O)CN(c1ccccc1Cl)S(=O)(=O)c1ccc(C)cc1. The van der Waals surface area contributed by atoms with Gasteiger partial charge in [0, 0.05) is 23.1 Å². The summed E-state index contributed by atoms with van der Waals surface area (Å²) in [4.78, 5) is 28.3. The molecule has 0 saturated heterocycles. The van der Waals surface area contributed by atoms with Crippen LogP contribution in [0.1, 0.15) is 37.8 Å². The van der Waals surface area contributed by atoms with Crippen LogP contribution in [0, 0.1) is 6.92 Å². The van der Waals surface area contributed by atoms with Gasteiger partial charge in [-0.15, -0.1) is 0 Å². The van der Waals surface area contributed by atoms with Crippen molar-refractivity contribution >= 4 is 62.3 Å². The van der Waals surface area contributed by atoms with Gasteiger partial charge in [0.05, 0.1) is 15.6 Å². The molecule has 1 N–H and O–H groups in total. The van der Waals surface area contributed by atoms with Crippen molar-refractivity contribution in [3.05, 3.63) is 92.9 Å². The highest BCUT2D eigenvalue weighted by Crippen LogP contribution is 2.31. The minimum atomic E-state index is -4.21. The Morgan fingerprint density at radius 2 is 1.62 bits per heavy atom. The zero-order valence-corrected chi connectivity index (χ0v) is 25.6. The summed E-state index contributed by atoms with van der Waals surface area (Å²) >= 11 is 18.9. The van der Waals surface area contributed by atoms with Crippen LogP contribution >= 0.6 is 34.8 Å². The van der Waals surface area contributed by atoms with Crippen LogP contribution < -0.4 is 9.62 Å². The monoisotopic (exact) mass is 623 g/mol. The number of nitrogens with zero attached hydrogens (tertiary/aromatic N) is 2. The van der Waals surface area contributed by atoms with E-state index in [1.54, 1.807) is 55.5 Å². The molecule has 11 heteroatoms. The van der Waals surface area contributed by atoms with E-state index in [2.05, 4.69) is 5.32 Å². The first kappa shape index (κ1) is 31.7. The second-order valence-electron chi connectivity index (χ2n) is 9.35. The van der Waals surface area contributed by atoms with Gasteiger partial charge in [0.2, 0.25) is 11.8 Å². The summed E-state index contributed by atoms with van der Waals surface area (Å²) in [6, 6.07) is 16.6. The van der Waals surface area contributed by atoms with Gasteiger partial charge in [-0.25, -0.2) is 8.42 Å². The first-order valence-corrected chi connectivity index (χ1v) is 15.4. The summed E-state index contributed by atoms with van der Waals surface area (Å²) in [7, 11) is -4.21. The highest BCUT2D eigenvalue weighted by molar-refractivity contribution is 7.92. The number of aryl methyl sites for hydroxylation is 1. The normalized spacial score (nSPS) is 12.1. The molecule has 0 aliphatic heterocycles. The fourth-order valence-electron chi connectivity index (χ4n) is 3.96. The fourth-order valence-corrected chi connectivity index (χ4v) is 6.15. The lowest BCUT2D eigenvalue weighted by Crippen LogP contribution is -2.51. The number of carbonyl (C=O) groups is 2. The van der Waals surface area contributed by atoms with Gasteiger partial charge in [-0.1, -0.05) is 84.0 Å². The van der Waals surface area contributed by atoms with Gasteiger partial charge in [-0.3, -0.25) is 13.9 Å². The zero-order valence-electron chi connectivity index (χ0n) is 22.5. The Morgan fingerprint density at radius 3 is 2.25 bits per heavy atom. The number of halogens is 3. The summed E-state index contributed by atoms with van der Waals surface area (Å²) in [5.41, 5.74) is 1.58. The first-order chi connectivity index (χ1) is 18.9. The molecule has 40 heavy (non-hydrogen) atoms. The maximum absolute atomic E-state index is 14.0. The number of amides is 2. The van der Waals surface area contributed by atoms with Crippen molar-refractivity contribution in [2.24, 2.45) is 0 Å². The number of benzene rings is 3. The Balaban J connectivity index is 2.03. The Bertz CT molecular complexity index is 1450. The lowest BCUT2D eigenvalue weighted by atomic mass is 10.1. The van der Waals surface area contributed by atoms with E-state index >= 15 is 0 Å². The maximum atomic E-state index is 14.0. The number of carbonyl (C=O) groups excluding carboxylic acids is 2. The van der Waals surface area contributed by atoms with Gasteiger partial charge in [0.15, 0.2) is 0 Å². The van der Waals surface area contributed by atoms with E-state index < -0.39 is 28.5 Å². The maximum Gasteiger partial charge on any atom is 0.264 e. The average Bonchev–Trinajstić information content (AvgIpc) is 2.91. The van der Waals surface area contributed by atoms with Crippen LogP contribution in [-0.4, -0.2) is 44.3 Å². The van der Waals surface area contributed by atoms with Gasteiger partial charge >= 0.3 is 0 Å². The van der Waals surface area contributed by atoms with Crippen molar-refractivity contribution in [2.45, 2.75) is 51.1 Å². The quantitative estimate of drug-likeness (QED) is 0.234. The predicted octanol–water partition coefficient (Wildman–Crippen LogP) is 6.48. The molecule has 0 fully saturated rings. The largest absolute Gasteiger partial charge is 0.354 e. The number of para-hydroxylation sites is 1. The van der Waals surface area contributed by atoms with Crippen LogP contribution in [0.2, 0.25) is 15.1 Å². The standard InChI is InChI=1S/C29H32Cl3N3O4S/c1-4-5-16-33-29(37)21(3)34(18-22-12-13-23(30)17-26(22)32)28(36)19-35(27-9-7-6-8-25(27)31)40(38,39)24-14-10-20(2)11-15-24/h6-15,17,21H,4-5,16,18-19H2,1-3H3,(H,33,37)/t21-/m1/s1. The molecule has 7 nitrogen and oxygen atoms in total. The van der Waals surface area contributed by atoms with Crippen LogP contribution in [0.3, 0.4) is 0 Å². The molecule has 0 heterocycles. The van der Waals surface area contributed by atoms with E-state index in [0.717, 1.165) is 22.7 Å². The van der Waals surface area contributed by atoms with E-state index in [0.29, 0.717) is 22.2 Å². The molecule has 0 spiro atoms. The molecular formula is C29H32Cl3N3O4S. The molecule has 2 amide bonds. The third-order valence-electron chi connectivity index (χ3n) is 6.36. The van der Waals surface area contributed by atoms with E-state index in [9.17, 15) is 18.0 Å². The molecule has 0 unspecified atom stereocenters. The molecule has 1 atom stereocenters. The Morgan fingerprint density at radius 1 is 0.950 bits per heavy atom. The van der Waals surface area contributed by atoms with Gasteiger partial charge in [0.25, 0.3) is 10.0 Å². The van der Waals surface area contributed by atoms with Crippen LogP contribution in [0.15, 0.2) is 71.6 Å². The third-order valence-corrected chi connectivity index (χ3v) is 9.04. The van der Waals surface area contributed by atoms with Gasteiger partial charge < -0.3 is 10.2 Å². The Labute approximate surface area is 251 Å². The summed E-state index contributed by atoms with van der Waals surface area (Å²) in [5.74, 6) is -0.975. The molecule has 0 aliphatic rings. The lowest BCUT2D eigenvalue weighted by Gasteiger charge is -2.32. The molecule has 0 aliphatic carbocycles.